The van der Waals surface area contributed by atoms with E-state index in [4.69, 9.17) is 10.5 Å². The Morgan fingerprint density at radius 3 is 1.95 bits per heavy atom. The molecule has 1 aliphatic heterocycles. The highest BCUT2D eigenvalue weighted by atomic mass is 19.4. The van der Waals surface area contributed by atoms with Crippen molar-refractivity contribution in [3.05, 3.63) is 70.8 Å². The molecule has 11 heteroatoms. The Balaban J connectivity index is 1.54. The van der Waals surface area contributed by atoms with E-state index < -0.39 is 35.7 Å². The van der Waals surface area contributed by atoms with Gasteiger partial charge in [-0.1, -0.05) is 30.3 Å². The van der Waals surface area contributed by atoms with Gasteiger partial charge in [0, 0.05) is 30.8 Å². The molecule has 1 heterocycles. The number of likely N-dealkylation sites (tertiary alicyclic amines) is 1. The lowest BCUT2D eigenvalue weighted by molar-refractivity contribution is -0.143. The van der Waals surface area contributed by atoms with Crippen molar-refractivity contribution in [3.8, 4) is 0 Å². The number of rotatable bonds is 6. The Kier molecular flexibility index (Phi) is 8.82. The number of carbonyl (C=O) groups is 2. The van der Waals surface area contributed by atoms with Crippen LogP contribution in [-0.4, -0.2) is 35.9 Å². The standard InChI is InChI=1S/C29H32F6N2O3/c1-17(21-13-22(28(30,31)32)15-23(14-21)29(33,34)35)40-25-11-12-37(16-24(25)18-5-3-2-4-6-18)27(39)20-9-7-19(8-10-20)26(36)38/h2-6,13-15,17,19-20,24-25H,7-12,16H2,1H3,(H2,36,38)/t17-,19-,20-,24+,25+/m1/s1. The fraction of sp³-hybridized carbons (Fsp3) is 0.517. The number of nitrogens with two attached hydrogens (primary N) is 1. The number of nitrogens with zero attached hydrogens (tertiary/aromatic N) is 1. The lowest BCUT2D eigenvalue weighted by atomic mass is 9.80. The zero-order chi connectivity index (χ0) is 29.2. The van der Waals surface area contributed by atoms with Crippen molar-refractivity contribution in [3.63, 3.8) is 0 Å². The van der Waals surface area contributed by atoms with Crippen LogP contribution in [0, 0.1) is 11.8 Å². The lowest BCUT2D eigenvalue weighted by Crippen LogP contribution is -2.48. The SMILES string of the molecule is C[C@@H](O[C@H]1CCN(C(=O)[C@H]2CC[C@H](C(N)=O)CC2)C[C@H]1c1ccccc1)c1cc(C(F)(F)F)cc(C(F)(F)F)c1. The molecule has 3 atom stereocenters. The highest BCUT2D eigenvalue weighted by Gasteiger charge is 2.40. The van der Waals surface area contributed by atoms with Gasteiger partial charge in [-0.05, 0) is 68.4 Å². The summed E-state index contributed by atoms with van der Waals surface area (Å²) in [7, 11) is 0. The number of primary amides is 1. The minimum Gasteiger partial charge on any atom is -0.370 e. The zero-order valence-corrected chi connectivity index (χ0v) is 22.0. The van der Waals surface area contributed by atoms with E-state index in [2.05, 4.69) is 0 Å². The minimum atomic E-state index is -4.95. The summed E-state index contributed by atoms with van der Waals surface area (Å²) in [5, 5.41) is 0. The molecule has 2 aromatic carbocycles. The van der Waals surface area contributed by atoms with E-state index >= 15 is 0 Å². The molecule has 5 nitrogen and oxygen atoms in total. The van der Waals surface area contributed by atoms with Gasteiger partial charge in [0.2, 0.25) is 11.8 Å². The molecule has 1 aliphatic carbocycles. The summed E-state index contributed by atoms with van der Waals surface area (Å²) in [6, 6.07) is 10.7. The maximum atomic E-state index is 13.4. The van der Waals surface area contributed by atoms with Crippen molar-refractivity contribution < 1.29 is 40.7 Å². The number of hydrogen-bond acceptors (Lipinski definition) is 3. The molecule has 0 radical (unpaired) electrons. The Morgan fingerprint density at radius 1 is 0.875 bits per heavy atom. The number of benzene rings is 2. The van der Waals surface area contributed by atoms with Gasteiger partial charge in [0.25, 0.3) is 0 Å². The maximum absolute atomic E-state index is 13.4. The first-order chi connectivity index (χ1) is 18.7. The molecule has 0 unspecified atom stereocenters. The second kappa shape index (κ2) is 11.8. The van der Waals surface area contributed by atoms with Crippen LogP contribution < -0.4 is 5.73 Å². The molecule has 0 bridgehead atoms. The molecule has 0 spiro atoms. The van der Waals surface area contributed by atoms with Gasteiger partial charge in [-0.3, -0.25) is 9.59 Å². The highest BCUT2D eigenvalue weighted by molar-refractivity contribution is 5.80. The summed E-state index contributed by atoms with van der Waals surface area (Å²) < 4.78 is 86.6. The second-order valence-electron chi connectivity index (χ2n) is 10.7. The fourth-order valence-electron chi connectivity index (χ4n) is 5.75. The van der Waals surface area contributed by atoms with Gasteiger partial charge < -0.3 is 15.4 Å². The van der Waals surface area contributed by atoms with Crippen molar-refractivity contribution in [1.82, 2.24) is 4.90 Å². The summed E-state index contributed by atoms with van der Waals surface area (Å²) in [4.78, 5) is 26.6. The average Bonchev–Trinajstić information content (AvgIpc) is 2.92. The zero-order valence-electron chi connectivity index (χ0n) is 22.0. The van der Waals surface area contributed by atoms with E-state index in [1.165, 1.54) is 6.92 Å². The van der Waals surface area contributed by atoms with Crippen LogP contribution in [0.5, 0.6) is 0 Å². The van der Waals surface area contributed by atoms with Gasteiger partial charge >= 0.3 is 12.4 Å². The molecular formula is C29H32F6N2O3. The maximum Gasteiger partial charge on any atom is 0.416 e. The number of carbonyl (C=O) groups excluding carboxylic acids is 2. The van der Waals surface area contributed by atoms with Crippen LogP contribution in [0.1, 0.15) is 73.3 Å². The third-order valence-corrected chi connectivity index (χ3v) is 8.03. The van der Waals surface area contributed by atoms with Crippen LogP contribution in [0.2, 0.25) is 0 Å². The minimum absolute atomic E-state index is 0.0250. The van der Waals surface area contributed by atoms with Crippen molar-refractivity contribution in [2.45, 2.75) is 69.5 Å². The smallest absolute Gasteiger partial charge is 0.370 e. The summed E-state index contributed by atoms with van der Waals surface area (Å²) in [6.45, 7) is 2.07. The summed E-state index contributed by atoms with van der Waals surface area (Å²) in [6.07, 6.45) is -8.92. The largest absolute Gasteiger partial charge is 0.416 e. The second-order valence-corrected chi connectivity index (χ2v) is 10.7. The van der Waals surface area contributed by atoms with Gasteiger partial charge in [-0.2, -0.15) is 26.3 Å². The third-order valence-electron chi connectivity index (χ3n) is 8.03. The Bertz CT molecular complexity index is 1160. The van der Waals surface area contributed by atoms with E-state index in [1.807, 2.05) is 30.3 Å². The lowest BCUT2D eigenvalue weighted by Gasteiger charge is -2.41. The molecule has 1 saturated heterocycles. The quantitative estimate of drug-likeness (QED) is 0.404. The first kappa shape index (κ1) is 29.9. The van der Waals surface area contributed by atoms with E-state index in [1.54, 1.807) is 4.90 Å². The predicted octanol–water partition coefficient (Wildman–Crippen LogP) is 6.48. The number of piperidine rings is 1. The first-order valence-electron chi connectivity index (χ1n) is 13.3. The van der Waals surface area contributed by atoms with Gasteiger partial charge in [0.05, 0.1) is 23.3 Å². The van der Waals surface area contributed by atoms with Crippen LogP contribution in [0.25, 0.3) is 0 Å². The Morgan fingerprint density at radius 2 is 1.43 bits per heavy atom. The van der Waals surface area contributed by atoms with Crippen molar-refractivity contribution in [2.75, 3.05) is 13.1 Å². The monoisotopic (exact) mass is 570 g/mol. The number of halogens is 6. The topological polar surface area (TPSA) is 72.6 Å². The molecule has 218 valence electrons. The van der Waals surface area contributed by atoms with E-state index in [9.17, 15) is 35.9 Å². The van der Waals surface area contributed by atoms with Crippen LogP contribution >= 0.6 is 0 Å². The molecule has 2 aromatic rings. The van der Waals surface area contributed by atoms with Crippen molar-refractivity contribution in [2.24, 2.45) is 17.6 Å². The van der Waals surface area contributed by atoms with E-state index in [0.29, 0.717) is 57.3 Å². The van der Waals surface area contributed by atoms with Gasteiger partial charge in [0.1, 0.15) is 0 Å². The van der Waals surface area contributed by atoms with Crippen LogP contribution in [0.15, 0.2) is 48.5 Å². The molecule has 1 saturated carbocycles. The number of amides is 2. The summed E-state index contributed by atoms with van der Waals surface area (Å²) in [5.74, 6) is -1.17. The molecule has 4 rings (SSSR count). The Labute approximate surface area is 228 Å². The van der Waals surface area contributed by atoms with Gasteiger partial charge in [0.15, 0.2) is 0 Å². The first-order valence-corrected chi connectivity index (χ1v) is 13.3. The Hall–Kier alpha value is -3.08. The van der Waals surface area contributed by atoms with Crippen molar-refractivity contribution in [1.29, 1.82) is 0 Å². The average molecular weight is 571 g/mol. The highest BCUT2D eigenvalue weighted by Crippen LogP contribution is 2.40. The van der Waals surface area contributed by atoms with Gasteiger partial charge in [-0.15, -0.1) is 0 Å². The van der Waals surface area contributed by atoms with Crippen LogP contribution in [-0.2, 0) is 26.7 Å². The molecule has 40 heavy (non-hydrogen) atoms. The molecule has 2 fully saturated rings. The molecule has 2 aliphatic rings. The van der Waals surface area contributed by atoms with Crippen LogP contribution in [0.3, 0.4) is 0 Å². The van der Waals surface area contributed by atoms with E-state index in [-0.39, 0.29) is 41.2 Å². The van der Waals surface area contributed by atoms with Crippen LogP contribution in [0.4, 0.5) is 26.3 Å². The van der Waals surface area contributed by atoms with Gasteiger partial charge in [-0.25, -0.2) is 0 Å². The number of ether oxygens (including phenoxy) is 1. The van der Waals surface area contributed by atoms with Crippen molar-refractivity contribution >= 4 is 11.8 Å². The number of alkyl halides is 6. The van der Waals surface area contributed by atoms with E-state index in [0.717, 1.165) is 5.56 Å². The number of hydrogen-bond donors (Lipinski definition) is 1. The normalized spacial score (nSPS) is 24.9. The summed E-state index contributed by atoms with van der Waals surface area (Å²) >= 11 is 0. The molecular weight excluding hydrogens is 538 g/mol. The molecule has 0 aromatic heterocycles. The fourth-order valence-corrected chi connectivity index (χ4v) is 5.75. The predicted molar refractivity (Wildman–Crippen MR) is 135 cm³/mol. The third kappa shape index (κ3) is 6.97. The molecule has 2 N–H and O–H groups in total. The summed E-state index contributed by atoms with van der Waals surface area (Å²) in [5.41, 5.74) is 3.26. The molecule has 2 amide bonds.